The third-order valence-electron chi connectivity index (χ3n) is 3.65. The lowest BCUT2D eigenvalue weighted by Gasteiger charge is -2.19. The van der Waals surface area contributed by atoms with Crippen LogP contribution < -0.4 is 10.1 Å². The van der Waals surface area contributed by atoms with E-state index < -0.39 is 21.3 Å². The van der Waals surface area contributed by atoms with Gasteiger partial charge in [-0.15, -0.1) is 11.6 Å². The first-order valence-electron chi connectivity index (χ1n) is 7.24. The van der Waals surface area contributed by atoms with E-state index in [1.807, 2.05) is 36.2 Å². The molecule has 1 fully saturated rings. The van der Waals surface area contributed by atoms with Gasteiger partial charge in [0.15, 0.2) is 9.84 Å². The highest BCUT2D eigenvalue weighted by Crippen LogP contribution is 2.18. The minimum atomic E-state index is -3.15. The van der Waals surface area contributed by atoms with E-state index in [1.165, 1.54) is 0 Å². The molecule has 0 bridgehead atoms. The summed E-state index contributed by atoms with van der Waals surface area (Å²) in [5.74, 6) is 0.384. The molecule has 0 radical (unpaired) electrons. The monoisotopic (exact) mass is 360 g/mol. The average molecular weight is 361 g/mol. The van der Waals surface area contributed by atoms with Crippen LogP contribution in [-0.4, -0.2) is 62.9 Å². The molecular weight excluding hydrogens is 340 g/mol. The minimum absolute atomic E-state index is 0.0822. The highest BCUT2D eigenvalue weighted by atomic mass is 35.5. The largest absolute Gasteiger partial charge is 0.497 e. The Morgan fingerprint density at radius 1 is 1.35 bits per heavy atom. The smallest absolute Gasteiger partial charge is 0.234 e. The summed E-state index contributed by atoms with van der Waals surface area (Å²) in [6, 6.07) is 7.09. The topological polar surface area (TPSA) is 75.7 Å². The maximum atomic E-state index is 12.0. The van der Waals surface area contributed by atoms with Gasteiger partial charge in [-0.25, -0.2) is 8.42 Å². The Morgan fingerprint density at radius 2 is 2.00 bits per heavy atom. The maximum absolute atomic E-state index is 12.0. The van der Waals surface area contributed by atoms with Crippen LogP contribution in [0.5, 0.6) is 5.75 Å². The second-order valence-corrected chi connectivity index (χ2v) is 8.50. The van der Waals surface area contributed by atoms with Crippen molar-refractivity contribution in [1.29, 1.82) is 0 Å². The van der Waals surface area contributed by atoms with Crippen molar-refractivity contribution in [2.24, 2.45) is 0 Å². The van der Waals surface area contributed by atoms with Crippen molar-refractivity contribution >= 4 is 27.3 Å². The third kappa shape index (κ3) is 5.37. The number of carbonyl (C=O) groups excluding carboxylic acids is 1. The molecule has 1 aliphatic heterocycles. The van der Waals surface area contributed by atoms with Crippen molar-refractivity contribution in [3.05, 3.63) is 29.8 Å². The SMILES string of the molecule is COc1ccc(CN(C)CC(=O)N[C@@H]2CS(=O)(=O)C[C@@H]2Cl)cc1. The van der Waals surface area contributed by atoms with E-state index in [4.69, 9.17) is 16.3 Å². The van der Waals surface area contributed by atoms with Crippen LogP contribution in [0.15, 0.2) is 24.3 Å². The molecule has 1 N–H and O–H groups in total. The second kappa shape index (κ2) is 7.51. The molecule has 1 saturated heterocycles. The zero-order valence-corrected chi connectivity index (χ0v) is 14.7. The molecule has 8 heteroatoms. The molecule has 0 aromatic heterocycles. The Balaban J connectivity index is 1.82. The van der Waals surface area contributed by atoms with Crippen molar-refractivity contribution in [2.75, 3.05) is 32.2 Å². The number of benzene rings is 1. The van der Waals surface area contributed by atoms with Gasteiger partial charge in [-0.2, -0.15) is 0 Å². The highest BCUT2D eigenvalue weighted by Gasteiger charge is 2.37. The molecule has 1 aliphatic rings. The van der Waals surface area contributed by atoms with E-state index in [0.717, 1.165) is 11.3 Å². The molecule has 1 amide bonds. The number of nitrogens with one attached hydrogen (secondary N) is 1. The third-order valence-corrected chi connectivity index (χ3v) is 6.03. The molecule has 23 heavy (non-hydrogen) atoms. The fourth-order valence-corrected chi connectivity index (χ4v) is 5.08. The zero-order chi connectivity index (χ0) is 17.0. The van der Waals surface area contributed by atoms with Crippen molar-refractivity contribution in [3.8, 4) is 5.75 Å². The van der Waals surface area contributed by atoms with Crippen molar-refractivity contribution in [2.45, 2.75) is 18.0 Å². The first-order chi connectivity index (χ1) is 10.8. The number of alkyl halides is 1. The van der Waals surface area contributed by atoms with E-state index in [1.54, 1.807) is 7.11 Å². The summed E-state index contributed by atoms with van der Waals surface area (Å²) in [6.45, 7) is 0.775. The Bertz CT molecular complexity index is 648. The predicted molar refractivity (Wildman–Crippen MR) is 89.6 cm³/mol. The number of rotatable bonds is 6. The molecule has 0 spiro atoms. The van der Waals surface area contributed by atoms with Crippen LogP contribution >= 0.6 is 11.6 Å². The maximum Gasteiger partial charge on any atom is 0.234 e. The number of ether oxygens (including phenoxy) is 1. The van der Waals surface area contributed by atoms with E-state index in [0.29, 0.717) is 6.54 Å². The average Bonchev–Trinajstić information content (AvgIpc) is 2.71. The molecule has 0 saturated carbocycles. The lowest BCUT2D eigenvalue weighted by atomic mass is 10.2. The Kier molecular flexibility index (Phi) is 5.89. The van der Waals surface area contributed by atoms with Crippen LogP contribution in [-0.2, 0) is 21.2 Å². The summed E-state index contributed by atoms with van der Waals surface area (Å²) >= 11 is 5.98. The van der Waals surface area contributed by atoms with Crippen LogP contribution in [0.1, 0.15) is 5.56 Å². The Hall–Kier alpha value is -1.31. The summed E-state index contributed by atoms with van der Waals surface area (Å²) in [6.07, 6.45) is 0. The quantitative estimate of drug-likeness (QED) is 0.754. The molecule has 0 aliphatic carbocycles. The number of hydrogen-bond acceptors (Lipinski definition) is 5. The van der Waals surface area contributed by atoms with Crippen LogP contribution in [0.4, 0.5) is 0 Å². The number of halogens is 1. The summed E-state index contributed by atoms with van der Waals surface area (Å²) in [7, 11) is 0.291. The summed E-state index contributed by atoms with van der Waals surface area (Å²) in [4.78, 5) is 13.9. The number of carbonyl (C=O) groups is 1. The van der Waals surface area contributed by atoms with E-state index in [2.05, 4.69) is 5.32 Å². The molecule has 2 atom stereocenters. The van der Waals surface area contributed by atoms with Gasteiger partial charge in [0.1, 0.15) is 5.75 Å². The van der Waals surface area contributed by atoms with Gasteiger partial charge >= 0.3 is 0 Å². The van der Waals surface area contributed by atoms with Crippen molar-refractivity contribution in [3.63, 3.8) is 0 Å². The zero-order valence-electron chi connectivity index (χ0n) is 13.2. The summed E-state index contributed by atoms with van der Waals surface area (Å²) < 4.78 is 28.1. The molecular formula is C15H21ClN2O4S. The van der Waals surface area contributed by atoms with Gasteiger partial charge < -0.3 is 10.1 Å². The first kappa shape index (κ1) is 18.0. The summed E-state index contributed by atoms with van der Waals surface area (Å²) in [5, 5.41) is 2.15. The Labute approximate surface area is 141 Å². The molecule has 2 rings (SSSR count). The molecule has 1 aromatic rings. The van der Waals surface area contributed by atoms with Crippen molar-refractivity contribution < 1.29 is 17.9 Å². The number of amides is 1. The molecule has 6 nitrogen and oxygen atoms in total. The van der Waals surface area contributed by atoms with Crippen LogP contribution in [0.2, 0.25) is 0 Å². The minimum Gasteiger partial charge on any atom is -0.497 e. The summed E-state index contributed by atoms with van der Waals surface area (Å²) in [5.41, 5.74) is 1.06. The van der Waals surface area contributed by atoms with Gasteiger partial charge in [0, 0.05) is 6.54 Å². The number of sulfone groups is 1. The molecule has 128 valence electrons. The van der Waals surface area contributed by atoms with Gasteiger partial charge in [-0.1, -0.05) is 12.1 Å². The van der Waals surface area contributed by atoms with Gasteiger partial charge in [0.2, 0.25) is 5.91 Å². The van der Waals surface area contributed by atoms with E-state index in [9.17, 15) is 13.2 Å². The Morgan fingerprint density at radius 3 is 2.52 bits per heavy atom. The van der Waals surface area contributed by atoms with Crippen LogP contribution in [0.3, 0.4) is 0 Å². The molecule has 0 unspecified atom stereocenters. The van der Waals surface area contributed by atoms with Gasteiger partial charge in [-0.3, -0.25) is 9.69 Å². The van der Waals surface area contributed by atoms with Crippen molar-refractivity contribution in [1.82, 2.24) is 10.2 Å². The fourth-order valence-electron chi connectivity index (χ4n) is 2.53. The number of methoxy groups -OCH3 is 1. The van der Waals surface area contributed by atoms with E-state index in [-0.39, 0.29) is 24.0 Å². The second-order valence-electron chi connectivity index (χ2n) is 5.79. The molecule has 1 heterocycles. The standard InChI is InChI=1S/C15H21ClN2O4S/c1-18(7-11-3-5-12(22-2)6-4-11)8-15(19)17-14-10-23(20,21)9-13(14)16/h3-6,13-14H,7-10H2,1-2H3,(H,17,19)/t13-,14+/m0/s1. The van der Waals surface area contributed by atoms with Gasteiger partial charge in [0.25, 0.3) is 0 Å². The number of likely N-dealkylation sites (N-methyl/N-ethyl adjacent to an activating group) is 1. The number of nitrogens with zero attached hydrogens (tertiary/aromatic N) is 1. The lowest BCUT2D eigenvalue weighted by molar-refractivity contribution is -0.122. The molecule has 1 aromatic carbocycles. The number of hydrogen-bond donors (Lipinski definition) is 1. The fraction of sp³-hybridized carbons (Fsp3) is 0.533. The van der Waals surface area contributed by atoms with Gasteiger partial charge in [-0.05, 0) is 24.7 Å². The van der Waals surface area contributed by atoms with Gasteiger partial charge in [0.05, 0.1) is 36.6 Å². The van der Waals surface area contributed by atoms with E-state index >= 15 is 0 Å². The van der Waals surface area contributed by atoms with Crippen LogP contribution in [0.25, 0.3) is 0 Å². The van der Waals surface area contributed by atoms with Crippen LogP contribution in [0, 0.1) is 0 Å². The first-order valence-corrected chi connectivity index (χ1v) is 9.50. The lowest BCUT2D eigenvalue weighted by Crippen LogP contribution is -2.44. The highest BCUT2D eigenvalue weighted by molar-refractivity contribution is 7.91. The normalized spacial score (nSPS) is 23.0. The predicted octanol–water partition coefficient (Wildman–Crippen LogP) is 0.648.